The number of benzene rings is 5. The zero-order chi connectivity index (χ0) is 43.5. The van der Waals surface area contributed by atoms with Crippen molar-refractivity contribution >= 4 is 45.4 Å². The van der Waals surface area contributed by atoms with Crippen LogP contribution in [-0.4, -0.2) is 22.0 Å². The van der Waals surface area contributed by atoms with E-state index in [2.05, 4.69) is 151 Å². The number of nitrogens with zero attached hydrogens (tertiary/aromatic N) is 2. The summed E-state index contributed by atoms with van der Waals surface area (Å²) in [6.45, 7) is 14.6. The molecule has 0 spiro atoms. The quantitative estimate of drug-likeness (QED) is 0.0853. The van der Waals surface area contributed by atoms with Crippen LogP contribution in [0.1, 0.15) is 103 Å². The number of hydrogen-bond donors (Lipinski definition) is 0. The first-order valence-electron chi connectivity index (χ1n) is 22.6. The molecular weight excluding hydrogens is 833 g/mol. The maximum absolute atomic E-state index is 7.53. The number of ether oxygens (including phenoxy) is 3. The van der Waals surface area contributed by atoms with E-state index in [1.54, 1.807) is 0 Å². The molecule has 9 rings (SSSR count). The molecule has 0 radical (unpaired) electrons. The van der Waals surface area contributed by atoms with Gasteiger partial charge >= 0.3 is 0 Å². The van der Waals surface area contributed by atoms with Gasteiger partial charge in [0.05, 0.1) is 24.9 Å². The van der Waals surface area contributed by atoms with Crippen LogP contribution in [-0.2, 0) is 5.60 Å². The molecule has 0 atom stereocenters. The molecule has 1 aliphatic heterocycles. The summed E-state index contributed by atoms with van der Waals surface area (Å²) in [5.41, 5.74) is 13.5. The van der Waals surface area contributed by atoms with Gasteiger partial charge in [-0.15, -0.1) is 22.7 Å². The molecule has 4 heterocycles. The molecular formula is C55H56N2O3S3. The number of aromatic nitrogens is 2. The first kappa shape index (κ1) is 43.0. The van der Waals surface area contributed by atoms with Gasteiger partial charge in [0.1, 0.15) is 28.3 Å². The molecule has 322 valence electrons. The van der Waals surface area contributed by atoms with E-state index >= 15 is 0 Å². The maximum Gasteiger partial charge on any atom is 0.185 e. The molecule has 0 bridgehead atoms. The average Bonchev–Trinajstić information content (AvgIpc) is 4.04. The molecule has 8 aromatic rings. The SMILES string of the molecule is CCCCCCOc1ccc(C2(c3ccc(OCCCCCC)cc3)Oc3cc(C)ccc3-c3ccc(-c4sc(-c5ccc(-c6cc(C)c(C)s6)c6nsnc56)cc4C)cc32)cc1. The van der Waals surface area contributed by atoms with Crippen molar-refractivity contribution in [2.24, 2.45) is 0 Å². The van der Waals surface area contributed by atoms with Gasteiger partial charge < -0.3 is 14.2 Å². The highest BCUT2D eigenvalue weighted by molar-refractivity contribution is 7.19. The monoisotopic (exact) mass is 888 g/mol. The van der Waals surface area contributed by atoms with E-state index < -0.39 is 5.60 Å². The van der Waals surface area contributed by atoms with Crippen molar-refractivity contribution in [3.8, 4) is 59.7 Å². The molecule has 0 amide bonds. The van der Waals surface area contributed by atoms with E-state index in [9.17, 15) is 0 Å². The summed E-state index contributed by atoms with van der Waals surface area (Å²) in [7, 11) is 0. The molecule has 3 aromatic heterocycles. The fourth-order valence-corrected chi connectivity index (χ4v) is 11.7. The summed E-state index contributed by atoms with van der Waals surface area (Å²) in [6, 6.07) is 39.8. The fourth-order valence-electron chi connectivity index (χ4n) is 8.84. The Morgan fingerprint density at radius 2 is 1.10 bits per heavy atom. The van der Waals surface area contributed by atoms with Gasteiger partial charge in [-0.2, -0.15) is 8.75 Å². The number of hydrogen-bond acceptors (Lipinski definition) is 8. The average molecular weight is 889 g/mol. The van der Waals surface area contributed by atoms with Gasteiger partial charge in [-0.25, -0.2) is 0 Å². The molecule has 63 heavy (non-hydrogen) atoms. The van der Waals surface area contributed by atoms with Crippen LogP contribution in [0.5, 0.6) is 17.2 Å². The molecule has 0 aliphatic carbocycles. The third kappa shape index (κ3) is 8.58. The van der Waals surface area contributed by atoms with E-state index in [0.717, 1.165) is 91.2 Å². The maximum atomic E-state index is 7.53. The highest BCUT2D eigenvalue weighted by atomic mass is 32.1. The summed E-state index contributed by atoms with van der Waals surface area (Å²) < 4.78 is 29.8. The Bertz CT molecular complexity index is 2770. The molecule has 0 fully saturated rings. The third-order valence-electron chi connectivity index (χ3n) is 12.4. The Morgan fingerprint density at radius 3 is 1.67 bits per heavy atom. The van der Waals surface area contributed by atoms with Gasteiger partial charge in [0, 0.05) is 52.9 Å². The molecule has 0 saturated carbocycles. The number of aryl methyl sites for hydroxylation is 4. The lowest BCUT2D eigenvalue weighted by Crippen LogP contribution is -2.38. The predicted molar refractivity (Wildman–Crippen MR) is 267 cm³/mol. The van der Waals surface area contributed by atoms with Crippen LogP contribution in [0.4, 0.5) is 0 Å². The minimum Gasteiger partial charge on any atom is -0.494 e. The highest BCUT2D eigenvalue weighted by Crippen LogP contribution is 2.54. The highest BCUT2D eigenvalue weighted by Gasteiger charge is 2.45. The molecule has 0 saturated heterocycles. The molecule has 5 nitrogen and oxygen atoms in total. The van der Waals surface area contributed by atoms with Crippen LogP contribution in [0.2, 0.25) is 0 Å². The predicted octanol–water partition coefficient (Wildman–Crippen LogP) is 16.3. The fraction of sp³-hybridized carbons (Fsp3) is 0.309. The van der Waals surface area contributed by atoms with E-state index in [0.29, 0.717) is 13.2 Å². The van der Waals surface area contributed by atoms with Gasteiger partial charge in [-0.3, -0.25) is 0 Å². The molecule has 1 aliphatic rings. The van der Waals surface area contributed by atoms with Crippen LogP contribution < -0.4 is 14.2 Å². The molecule has 0 N–H and O–H groups in total. The summed E-state index contributed by atoms with van der Waals surface area (Å²) >= 11 is 4.93. The normalized spacial score (nSPS) is 12.9. The van der Waals surface area contributed by atoms with Gasteiger partial charge in [0.25, 0.3) is 0 Å². The Balaban J connectivity index is 1.15. The lowest BCUT2D eigenvalue weighted by Gasteiger charge is -2.42. The number of fused-ring (bicyclic) bond motifs is 4. The molecule has 0 unspecified atom stereocenters. The van der Waals surface area contributed by atoms with Crippen LogP contribution in [0.15, 0.2) is 109 Å². The van der Waals surface area contributed by atoms with E-state index in [1.807, 2.05) is 22.7 Å². The van der Waals surface area contributed by atoms with Crippen molar-refractivity contribution in [2.75, 3.05) is 13.2 Å². The van der Waals surface area contributed by atoms with E-state index in [-0.39, 0.29) is 0 Å². The standard InChI is InChI=1S/C55H56N2O3S3/c1-7-9-11-13-29-58-42-21-17-40(18-22-42)55(41-19-23-43(24-20-41)59-30-14-12-10-8-2)48-34-39(16-26-44(48)45-25-15-35(3)31-49(45)60-55)54-37(5)33-51(62-54)47-28-27-46(52-53(47)57-63-56-52)50-32-36(4)38(6)61-50/h15-28,31-34H,7-14,29-30H2,1-6H3. The summed E-state index contributed by atoms with van der Waals surface area (Å²) in [5.74, 6) is 2.62. The van der Waals surface area contributed by atoms with Crippen LogP contribution >= 0.6 is 34.4 Å². The molecule has 8 heteroatoms. The van der Waals surface area contributed by atoms with Crippen molar-refractivity contribution in [2.45, 2.75) is 98.5 Å². The van der Waals surface area contributed by atoms with Crippen molar-refractivity contribution in [3.63, 3.8) is 0 Å². The van der Waals surface area contributed by atoms with Gasteiger partial charge in [-0.1, -0.05) is 113 Å². The lowest BCUT2D eigenvalue weighted by molar-refractivity contribution is 0.151. The Morgan fingerprint density at radius 1 is 0.540 bits per heavy atom. The topological polar surface area (TPSA) is 53.5 Å². The van der Waals surface area contributed by atoms with Crippen molar-refractivity contribution < 1.29 is 14.2 Å². The Kier molecular flexibility index (Phi) is 12.8. The largest absolute Gasteiger partial charge is 0.494 e. The van der Waals surface area contributed by atoms with Gasteiger partial charge in [0.15, 0.2) is 5.60 Å². The minimum atomic E-state index is -0.966. The van der Waals surface area contributed by atoms with Crippen molar-refractivity contribution in [1.29, 1.82) is 0 Å². The second-order valence-electron chi connectivity index (χ2n) is 17.0. The zero-order valence-corrected chi connectivity index (χ0v) is 39.8. The smallest absolute Gasteiger partial charge is 0.185 e. The first-order valence-corrected chi connectivity index (χ1v) is 25.0. The summed E-state index contributed by atoms with van der Waals surface area (Å²) in [5, 5.41) is 0. The van der Waals surface area contributed by atoms with Crippen LogP contribution in [0, 0.1) is 27.7 Å². The number of rotatable bonds is 17. The third-order valence-corrected chi connectivity index (χ3v) is 15.5. The minimum absolute atomic E-state index is 0.713. The first-order chi connectivity index (χ1) is 30.8. The number of unbranched alkanes of at least 4 members (excludes halogenated alkanes) is 6. The zero-order valence-electron chi connectivity index (χ0n) is 37.3. The Labute approximate surface area is 385 Å². The van der Waals surface area contributed by atoms with Crippen LogP contribution in [0.25, 0.3) is 53.5 Å². The van der Waals surface area contributed by atoms with E-state index in [1.165, 1.54) is 80.9 Å². The van der Waals surface area contributed by atoms with Crippen molar-refractivity contribution in [3.05, 3.63) is 147 Å². The van der Waals surface area contributed by atoms with Crippen LogP contribution in [0.3, 0.4) is 0 Å². The van der Waals surface area contributed by atoms with E-state index in [4.69, 9.17) is 23.0 Å². The second-order valence-corrected chi connectivity index (χ2v) is 19.8. The number of thiophene rings is 2. The van der Waals surface area contributed by atoms with Crippen molar-refractivity contribution in [1.82, 2.24) is 8.75 Å². The second kappa shape index (κ2) is 18.8. The van der Waals surface area contributed by atoms with Gasteiger partial charge in [-0.05, 0) is 117 Å². The van der Waals surface area contributed by atoms with Gasteiger partial charge in [0.2, 0.25) is 0 Å². The molecule has 5 aromatic carbocycles. The Hall–Kier alpha value is -5.28. The lowest BCUT2D eigenvalue weighted by atomic mass is 9.74. The summed E-state index contributed by atoms with van der Waals surface area (Å²) in [6.07, 6.45) is 9.35. The summed E-state index contributed by atoms with van der Waals surface area (Å²) in [4.78, 5) is 4.98.